The summed E-state index contributed by atoms with van der Waals surface area (Å²) in [5.41, 5.74) is 1.18. The highest BCUT2D eigenvalue weighted by Gasteiger charge is 2.13. The zero-order chi connectivity index (χ0) is 21.5. The molecule has 0 atom stereocenters. The number of anilines is 1. The van der Waals surface area contributed by atoms with E-state index in [0.717, 1.165) is 10.0 Å². The van der Waals surface area contributed by atoms with Crippen molar-refractivity contribution in [3.63, 3.8) is 0 Å². The van der Waals surface area contributed by atoms with E-state index in [1.165, 1.54) is 24.3 Å². The third kappa shape index (κ3) is 5.69. The van der Waals surface area contributed by atoms with Gasteiger partial charge in [-0.05, 0) is 54.1 Å². The molecule has 3 aromatic rings. The van der Waals surface area contributed by atoms with Gasteiger partial charge in [-0.25, -0.2) is 4.39 Å². The molecule has 150 valence electrons. The van der Waals surface area contributed by atoms with Crippen LogP contribution in [0.5, 0.6) is 5.75 Å². The number of para-hydroxylation sites is 1. The quantitative estimate of drug-likeness (QED) is 0.326. The highest BCUT2D eigenvalue weighted by Crippen LogP contribution is 2.27. The van der Waals surface area contributed by atoms with Crippen molar-refractivity contribution in [3.8, 4) is 11.8 Å². The highest BCUT2D eigenvalue weighted by molar-refractivity contribution is 9.10. The molecule has 0 aliphatic heterocycles. The van der Waals surface area contributed by atoms with E-state index in [0.29, 0.717) is 22.9 Å². The lowest BCUT2D eigenvalue weighted by Crippen LogP contribution is -2.14. The van der Waals surface area contributed by atoms with E-state index in [9.17, 15) is 14.4 Å². The molecule has 0 aliphatic rings. The Morgan fingerprint density at radius 2 is 1.90 bits per heavy atom. The maximum Gasteiger partial charge on any atom is 0.266 e. The Labute approximate surface area is 186 Å². The maximum atomic E-state index is 13.8. The van der Waals surface area contributed by atoms with Gasteiger partial charge in [-0.1, -0.05) is 51.8 Å². The van der Waals surface area contributed by atoms with Gasteiger partial charge in [0.2, 0.25) is 0 Å². The SMILES string of the molecule is N#C/C(=C\c1cc(Cl)ccc1OCc1ccc(Br)cc1)C(=O)Nc1ccccc1F. The second-order valence-electron chi connectivity index (χ2n) is 6.20. The summed E-state index contributed by atoms with van der Waals surface area (Å²) in [6.07, 6.45) is 1.36. The summed E-state index contributed by atoms with van der Waals surface area (Å²) in [5.74, 6) is -0.875. The van der Waals surface area contributed by atoms with Gasteiger partial charge >= 0.3 is 0 Å². The van der Waals surface area contributed by atoms with E-state index in [2.05, 4.69) is 21.2 Å². The summed E-state index contributed by atoms with van der Waals surface area (Å²) in [6, 6.07) is 20.1. The Kier molecular flexibility index (Phi) is 7.23. The van der Waals surface area contributed by atoms with Gasteiger partial charge in [-0.2, -0.15) is 5.26 Å². The van der Waals surface area contributed by atoms with Gasteiger partial charge in [-0.15, -0.1) is 0 Å². The zero-order valence-electron chi connectivity index (χ0n) is 15.5. The molecule has 0 unspecified atom stereocenters. The molecule has 0 saturated carbocycles. The summed E-state index contributed by atoms with van der Waals surface area (Å²) in [5, 5.41) is 12.3. The van der Waals surface area contributed by atoms with Crippen LogP contribution in [0.1, 0.15) is 11.1 Å². The van der Waals surface area contributed by atoms with Crippen molar-refractivity contribution in [1.29, 1.82) is 5.26 Å². The van der Waals surface area contributed by atoms with Gasteiger partial charge < -0.3 is 10.1 Å². The van der Waals surface area contributed by atoms with Crippen molar-refractivity contribution in [2.24, 2.45) is 0 Å². The summed E-state index contributed by atoms with van der Waals surface area (Å²) in [7, 11) is 0. The molecule has 0 heterocycles. The number of amides is 1. The number of hydrogen-bond donors (Lipinski definition) is 1. The van der Waals surface area contributed by atoms with Crippen LogP contribution in [0.3, 0.4) is 0 Å². The average Bonchev–Trinajstić information content (AvgIpc) is 2.74. The van der Waals surface area contributed by atoms with Crippen LogP contribution in [0.2, 0.25) is 5.02 Å². The fourth-order valence-electron chi connectivity index (χ4n) is 2.56. The van der Waals surface area contributed by atoms with Crippen molar-refractivity contribution in [2.75, 3.05) is 5.32 Å². The first-order valence-electron chi connectivity index (χ1n) is 8.81. The van der Waals surface area contributed by atoms with Gasteiger partial charge in [0.15, 0.2) is 0 Å². The van der Waals surface area contributed by atoms with Crippen molar-refractivity contribution in [3.05, 3.63) is 98.7 Å². The van der Waals surface area contributed by atoms with Crippen molar-refractivity contribution in [1.82, 2.24) is 0 Å². The van der Waals surface area contributed by atoms with Crippen molar-refractivity contribution >= 4 is 45.2 Å². The Balaban J connectivity index is 1.83. The second-order valence-corrected chi connectivity index (χ2v) is 7.55. The van der Waals surface area contributed by atoms with Crippen molar-refractivity contribution in [2.45, 2.75) is 6.61 Å². The van der Waals surface area contributed by atoms with Crippen LogP contribution >= 0.6 is 27.5 Å². The van der Waals surface area contributed by atoms with E-state index < -0.39 is 11.7 Å². The highest BCUT2D eigenvalue weighted by atomic mass is 79.9. The first kappa shape index (κ1) is 21.6. The van der Waals surface area contributed by atoms with Crippen LogP contribution < -0.4 is 10.1 Å². The van der Waals surface area contributed by atoms with Crippen molar-refractivity contribution < 1.29 is 13.9 Å². The number of carbonyl (C=O) groups is 1. The van der Waals surface area contributed by atoms with E-state index in [4.69, 9.17) is 16.3 Å². The Hall–Kier alpha value is -3.14. The lowest BCUT2D eigenvalue weighted by molar-refractivity contribution is -0.112. The molecule has 3 aromatic carbocycles. The Morgan fingerprint density at radius 1 is 1.17 bits per heavy atom. The predicted molar refractivity (Wildman–Crippen MR) is 119 cm³/mol. The summed E-state index contributed by atoms with van der Waals surface area (Å²) < 4.78 is 20.6. The molecule has 0 saturated heterocycles. The molecule has 4 nitrogen and oxygen atoms in total. The number of rotatable bonds is 6. The normalized spacial score (nSPS) is 10.9. The van der Waals surface area contributed by atoms with Crippen LogP contribution in [0, 0.1) is 17.1 Å². The average molecular weight is 486 g/mol. The van der Waals surface area contributed by atoms with E-state index in [1.807, 2.05) is 30.3 Å². The van der Waals surface area contributed by atoms with Crippen LogP contribution in [0.4, 0.5) is 10.1 Å². The molecule has 3 rings (SSSR count). The zero-order valence-corrected chi connectivity index (χ0v) is 17.9. The molecule has 7 heteroatoms. The van der Waals surface area contributed by atoms with E-state index >= 15 is 0 Å². The van der Waals surface area contributed by atoms with Gasteiger partial charge in [0.05, 0.1) is 5.69 Å². The van der Waals surface area contributed by atoms with Gasteiger partial charge in [0, 0.05) is 15.1 Å². The molecule has 30 heavy (non-hydrogen) atoms. The largest absolute Gasteiger partial charge is 0.488 e. The lowest BCUT2D eigenvalue weighted by atomic mass is 10.1. The third-order valence-electron chi connectivity index (χ3n) is 4.07. The van der Waals surface area contributed by atoms with Crippen LogP contribution in [-0.4, -0.2) is 5.91 Å². The number of nitriles is 1. The summed E-state index contributed by atoms with van der Waals surface area (Å²) >= 11 is 9.47. The topological polar surface area (TPSA) is 62.1 Å². The minimum Gasteiger partial charge on any atom is -0.488 e. The van der Waals surface area contributed by atoms with Crippen LogP contribution in [0.25, 0.3) is 6.08 Å². The first-order valence-corrected chi connectivity index (χ1v) is 9.98. The molecular weight excluding hydrogens is 471 g/mol. The molecular formula is C23H15BrClFN2O2. The standard InChI is InChI=1S/C23H15BrClFN2O2/c24-18-7-5-15(6-8-18)14-30-22-10-9-19(25)12-16(22)11-17(13-27)23(29)28-21-4-2-1-3-20(21)26/h1-12H,14H2,(H,28,29)/b17-11+. The van der Waals surface area contributed by atoms with Gasteiger partial charge in [-0.3, -0.25) is 4.79 Å². The minimum absolute atomic E-state index is 0.0125. The number of nitrogens with zero attached hydrogens (tertiary/aromatic N) is 1. The molecule has 0 aliphatic carbocycles. The fourth-order valence-corrected chi connectivity index (χ4v) is 3.01. The second kappa shape index (κ2) is 10.1. The molecule has 1 N–H and O–H groups in total. The lowest BCUT2D eigenvalue weighted by Gasteiger charge is -2.11. The van der Waals surface area contributed by atoms with Gasteiger partial charge in [0.25, 0.3) is 5.91 Å². The number of halogens is 3. The number of hydrogen-bond acceptors (Lipinski definition) is 3. The molecule has 1 amide bonds. The molecule has 0 aromatic heterocycles. The van der Waals surface area contributed by atoms with Gasteiger partial charge in [0.1, 0.15) is 29.8 Å². The smallest absolute Gasteiger partial charge is 0.266 e. The number of benzene rings is 3. The molecule has 0 bridgehead atoms. The number of carbonyl (C=O) groups excluding carboxylic acids is 1. The first-order chi connectivity index (χ1) is 14.5. The molecule has 0 spiro atoms. The number of ether oxygens (including phenoxy) is 1. The predicted octanol–water partition coefficient (Wildman–Crippen LogP) is 6.37. The maximum absolute atomic E-state index is 13.8. The number of nitrogens with one attached hydrogen (secondary N) is 1. The monoisotopic (exact) mass is 484 g/mol. The summed E-state index contributed by atoms with van der Waals surface area (Å²) in [6.45, 7) is 0.291. The van der Waals surface area contributed by atoms with E-state index in [-0.39, 0.29) is 11.3 Å². The summed E-state index contributed by atoms with van der Waals surface area (Å²) in [4.78, 5) is 12.5. The van der Waals surface area contributed by atoms with E-state index in [1.54, 1.807) is 24.3 Å². The van der Waals surface area contributed by atoms with Crippen LogP contribution in [-0.2, 0) is 11.4 Å². The molecule has 0 fully saturated rings. The fraction of sp³-hybridized carbons (Fsp3) is 0.0435. The third-order valence-corrected chi connectivity index (χ3v) is 4.83. The van der Waals surface area contributed by atoms with Crippen LogP contribution in [0.15, 0.2) is 76.8 Å². The molecule has 0 radical (unpaired) electrons. The Morgan fingerprint density at radius 3 is 2.60 bits per heavy atom. The Bertz CT molecular complexity index is 1140. The minimum atomic E-state index is -0.735.